The van der Waals surface area contributed by atoms with Gasteiger partial charge in [0.1, 0.15) is 0 Å². The van der Waals surface area contributed by atoms with E-state index < -0.39 is 0 Å². The summed E-state index contributed by atoms with van der Waals surface area (Å²) in [5.41, 5.74) is 3.06. The third kappa shape index (κ3) is 5.74. The van der Waals surface area contributed by atoms with E-state index in [0.29, 0.717) is 6.04 Å². The second-order valence-electron chi connectivity index (χ2n) is 7.48. The quantitative estimate of drug-likeness (QED) is 0.316. The predicted molar refractivity (Wildman–Crippen MR) is 131 cm³/mol. The number of nitro benzene ring substituents is 1. The normalized spacial score (nSPS) is 17.2. The molecular weight excluding hydrogens is 430 g/mol. The number of hydrogen-bond acceptors (Lipinski definition) is 7. The van der Waals surface area contributed by atoms with Crippen molar-refractivity contribution >= 4 is 55.0 Å². The fourth-order valence-electron chi connectivity index (χ4n) is 3.38. The molecule has 1 aliphatic rings. The van der Waals surface area contributed by atoms with E-state index in [1.165, 1.54) is 42.2 Å². The zero-order valence-corrected chi connectivity index (χ0v) is 19.0. The summed E-state index contributed by atoms with van der Waals surface area (Å²) in [6, 6.07) is 13.6. The van der Waals surface area contributed by atoms with Crippen LogP contribution < -0.4 is 10.6 Å². The number of thioether (sulfide) groups is 1. The molecule has 1 atom stereocenters. The average Bonchev–Trinajstić information content (AvgIpc) is 3.39. The van der Waals surface area contributed by atoms with Crippen molar-refractivity contribution in [1.82, 2.24) is 10.3 Å². The van der Waals surface area contributed by atoms with Crippen molar-refractivity contribution < 1.29 is 4.92 Å². The highest BCUT2D eigenvalue weighted by atomic mass is 32.2. The Hall–Kier alpha value is -2.65. The maximum absolute atomic E-state index is 10.9. The molecule has 4 rings (SSSR count). The van der Waals surface area contributed by atoms with E-state index in [-0.39, 0.29) is 10.6 Å². The minimum Gasteiger partial charge on any atom is -0.361 e. The lowest BCUT2D eigenvalue weighted by Crippen LogP contribution is -2.26. The lowest BCUT2D eigenvalue weighted by molar-refractivity contribution is -0.384. The number of benzene rings is 2. The number of anilines is 1. The number of nitrogens with zero attached hydrogens (tertiary/aromatic N) is 3. The third-order valence-electron chi connectivity index (χ3n) is 5.09. The second-order valence-corrected chi connectivity index (χ2v) is 9.52. The van der Waals surface area contributed by atoms with E-state index in [2.05, 4.69) is 46.8 Å². The highest BCUT2D eigenvalue weighted by Gasteiger charge is 2.19. The standard InChI is InChI=1S/C22H25N5O2S2/c1-2-3-4-17-14-30-22(25-17)24-16-7-5-15(6-8-16)11-12-23-21-26-19-10-9-18(27(28)29)13-20(19)31-21/h5-10,13,17H,2-4,11-12,14H2,1H3,(H,23,26)(H,24,25). The first-order valence-electron chi connectivity index (χ1n) is 10.5. The fraction of sp³-hybridized carbons (Fsp3) is 0.364. The zero-order chi connectivity index (χ0) is 21.6. The van der Waals surface area contributed by atoms with Gasteiger partial charge in [0.05, 0.1) is 20.8 Å². The maximum Gasteiger partial charge on any atom is 0.270 e. The molecular formula is C22H25N5O2S2. The van der Waals surface area contributed by atoms with Crippen LogP contribution in [-0.2, 0) is 6.42 Å². The van der Waals surface area contributed by atoms with Gasteiger partial charge in [-0.05, 0) is 36.6 Å². The summed E-state index contributed by atoms with van der Waals surface area (Å²) in [7, 11) is 0. The van der Waals surface area contributed by atoms with Crippen molar-refractivity contribution in [1.29, 1.82) is 0 Å². The Labute approximate surface area is 189 Å². The Kier molecular flexibility index (Phi) is 7.03. The molecule has 1 fully saturated rings. The highest BCUT2D eigenvalue weighted by Crippen LogP contribution is 2.29. The number of rotatable bonds is 9. The number of aliphatic imine (C=N–C) groups is 1. The predicted octanol–water partition coefficient (Wildman–Crippen LogP) is 5.74. The van der Waals surface area contributed by atoms with Crippen molar-refractivity contribution in [2.24, 2.45) is 4.99 Å². The summed E-state index contributed by atoms with van der Waals surface area (Å²) < 4.78 is 0.815. The van der Waals surface area contributed by atoms with Gasteiger partial charge in [0.15, 0.2) is 10.3 Å². The molecule has 1 unspecified atom stereocenters. The number of nitro groups is 1. The van der Waals surface area contributed by atoms with Crippen molar-refractivity contribution in [3.63, 3.8) is 0 Å². The largest absolute Gasteiger partial charge is 0.361 e. The topological polar surface area (TPSA) is 92.5 Å². The second kappa shape index (κ2) is 10.1. The van der Waals surface area contributed by atoms with Crippen molar-refractivity contribution in [2.75, 3.05) is 17.6 Å². The first-order chi connectivity index (χ1) is 15.1. The Bertz CT molecular complexity index is 1080. The van der Waals surface area contributed by atoms with Gasteiger partial charge in [0, 0.05) is 30.5 Å². The van der Waals surface area contributed by atoms with Crippen molar-refractivity contribution in [3.8, 4) is 0 Å². The number of aromatic nitrogens is 1. The van der Waals surface area contributed by atoms with E-state index in [4.69, 9.17) is 4.99 Å². The summed E-state index contributed by atoms with van der Waals surface area (Å²) in [5, 5.41) is 19.6. The minimum absolute atomic E-state index is 0.0917. The monoisotopic (exact) mass is 455 g/mol. The van der Waals surface area contributed by atoms with Gasteiger partial charge < -0.3 is 10.6 Å². The van der Waals surface area contributed by atoms with Gasteiger partial charge in [0.2, 0.25) is 0 Å². The lowest BCUT2D eigenvalue weighted by Gasteiger charge is -2.08. The van der Waals surface area contributed by atoms with Crippen LogP contribution >= 0.6 is 23.1 Å². The summed E-state index contributed by atoms with van der Waals surface area (Å²) >= 11 is 3.24. The van der Waals surface area contributed by atoms with E-state index in [1.807, 2.05) is 0 Å². The average molecular weight is 456 g/mol. The number of thiazole rings is 1. The first-order valence-corrected chi connectivity index (χ1v) is 12.3. The van der Waals surface area contributed by atoms with Crippen molar-refractivity contribution in [2.45, 2.75) is 38.6 Å². The molecule has 162 valence electrons. The Balaban J connectivity index is 1.28. The Morgan fingerprint density at radius 2 is 2.13 bits per heavy atom. The van der Waals surface area contributed by atoms with Crippen LogP contribution in [0.2, 0.25) is 0 Å². The van der Waals surface area contributed by atoms with Gasteiger partial charge in [0.25, 0.3) is 5.69 Å². The first kappa shape index (κ1) is 21.6. The molecule has 0 bridgehead atoms. The van der Waals surface area contributed by atoms with Crippen LogP contribution in [0.4, 0.5) is 16.5 Å². The molecule has 9 heteroatoms. The number of unbranched alkanes of at least 4 members (excludes halogenated alkanes) is 1. The smallest absolute Gasteiger partial charge is 0.270 e. The molecule has 1 saturated heterocycles. The molecule has 3 aromatic rings. The Morgan fingerprint density at radius 1 is 1.29 bits per heavy atom. The lowest BCUT2D eigenvalue weighted by atomic mass is 10.1. The van der Waals surface area contributed by atoms with Gasteiger partial charge in [-0.3, -0.25) is 10.1 Å². The number of non-ortho nitro benzene ring substituents is 1. The van der Waals surface area contributed by atoms with E-state index >= 15 is 0 Å². The highest BCUT2D eigenvalue weighted by molar-refractivity contribution is 8.14. The number of hydrogen-bond donors (Lipinski definition) is 2. The van der Waals surface area contributed by atoms with Gasteiger partial charge >= 0.3 is 0 Å². The number of fused-ring (bicyclic) bond motifs is 1. The molecule has 2 heterocycles. The SMILES string of the molecule is CCCCC1CS/C(=N\c2ccc(CCNc3nc4ccc([N+](=O)[O-])cc4s3)cc2)N1. The van der Waals surface area contributed by atoms with Gasteiger partial charge in [-0.15, -0.1) is 0 Å². The van der Waals surface area contributed by atoms with Gasteiger partial charge in [-0.2, -0.15) is 0 Å². The molecule has 1 aliphatic heterocycles. The minimum atomic E-state index is -0.382. The van der Waals surface area contributed by atoms with E-state index in [1.54, 1.807) is 23.9 Å². The zero-order valence-electron chi connectivity index (χ0n) is 17.3. The molecule has 1 aromatic heterocycles. The van der Waals surface area contributed by atoms with Crippen LogP contribution in [0.3, 0.4) is 0 Å². The third-order valence-corrected chi connectivity index (χ3v) is 7.12. The van der Waals surface area contributed by atoms with Crippen LogP contribution in [0.25, 0.3) is 10.2 Å². The van der Waals surface area contributed by atoms with Crippen molar-refractivity contribution in [3.05, 3.63) is 58.1 Å². The van der Waals surface area contributed by atoms with Crippen LogP contribution in [0.15, 0.2) is 47.5 Å². The molecule has 0 spiro atoms. The van der Waals surface area contributed by atoms with Crippen LogP contribution in [-0.4, -0.2) is 33.4 Å². The van der Waals surface area contributed by atoms with Crippen LogP contribution in [0, 0.1) is 10.1 Å². The number of nitrogens with one attached hydrogen (secondary N) is 2. The fourth-order valence-corrected chi connectivity index (χ4v) is 5.33. The number of amidine groups is 1. The molecule has 0 saturated carbocycles. The molecule has 2 N–H and O–H groups in total. The van der Waals surface area contributed by atoms with E-state index in [9.17, 15) is 10.1 Å². The van der Waals surface area contributed by atoms with E-state index in [0.717, 1.165) is 44.9 Å². The van der Waals surface area contributed by atoms with Crippen LogP contribution in [0.1, 0.15) is 31.7 Å². The van der Waals surface area contributed by atoms with Gasteiger partial charge in [-0.1, -0.05) is 55.0 Å². The summed E-state index contributed by atoms with van der Waals surface area (Å²) in [5.74, 6) is 1.10. The summed E-state index contributed by atoms with van der Waals surface area (Å²) in [6.45, 7) is 2.97. The summed E-state index contributed by atoms with van der Waals surface area (Å²) in [4.78, 5) is 19.8. The maximum atomic E-state index is 10.9. The molecule has 2 aromatic carbocycles. The Morgan fingerprint density at radius 3 is 2.90 bits per heavy atom. The molecule has 31 heavy (non-hydrogen) atoms. The molecule has 7 nitrogen and oxygen atoms in total. The van der Waals surface area contributed by atoms with Crippen LogP contribution in [0.5, 0.6) is 0 Å². The molecule has 0 aliphatic carbocycles. The molecule has 0 radical (unpaired) electrons. The molecule has 0 amide bonds. The van der Waals surface area contributed by atoms with Gasteiger partial charge in [-0.25, -0.2) is 9.98 Å². The summed E-state index contributed by atoms with van der Waals surface area (Å²) in [6.07, 6.45) is 4.55.